The van der Waals surface area contributed by atoms with Crippen LogP contribution >= 0.6 is 0 Å². The number of hydrogen-bond donors (Lipinski definition) is 4. The Bertz CT molecular complexity index is 527. The zero-order valence-corrected chi connectivity index (χ0v) is 11.8. The van der Waals surface area contributed by atoms with Crippen LogP contribution in [0.15, 0.2) is 24.3 Å². The number of carboxylic acids is 1. The molecule has 0 aliphatic rings. The van der Waals surface area contributed by atoms with Gasteiger partial charge in [-0.2, -0.15) is 0 Å². The molecule has 1 rings (SSSR count). The molecule has 7 heteroatoms. The lowest BCUT2D eigenvalue weighted by molar-refractivity contribution is -0.141. The van der Waals surface area contributed by atoms with Gasteiger partial charge in [0.1, 0.15) is 17.8 Å². The number of carboxylic acid groups (broad SMARTS) is 1. The summed E-state index contributed by atoms with van der Waals surface area (Å²) >= 11 is 0. The third-order valence-electron chi connectivity index (χ3n) is 2.80. The third kappa shape index (κ3) is 5.52. The Morgan fingerprint density at radius 1 is 1.14 bits per heavy atom. The molecule has 7 nitrogen and oxygen atoms in total. The second kappa shape index (κ2) is 7.28. The summed E-state index contributed by atoms with van der Waals surface area (Å²) in [7, 11) is 0. The molecule has 114 valence electrons. The van der Waals surface area contributed by atoms with Gasteiger partial charge in [0.25, 0.3) is 0 Å². The van der Waals surface area contributed by atoms with Crippen molar-refractivity contribution in [1.82, 2.24) is 10.6 Å². The molecule has 0 heterocycles. The molecule has 4 N–H and O–H groups in total. The molecule has 0 saturated carbocycles. The van der Waals surface area contributed by atoms with Crippen LogP contribution in [-0.2, 0) is 20.8 Å². The molecule has 21 heavy (non-hydrogen) atoms. The van der Waals surface area contributed by atoms with Crippen molar-refractivity contribution in [2.24, 2.45) is 0 Å². The Balaban J connectivity index is 2.79. The summed E-state index contributed by atoms with van der Waals surface area (Å²) in [4.78, 5) is 33.9. The molecule has 0 bridgehead atoms. The highest BCUT2D eigenvalue weighted by atomic mass is 16.4. The molecule has 0 aliphatic heterocycles. The zero-order valence-electron chi connectivity index (χ0n) is 11.8. The Labute approximate surface area is 122 Å². The molecule has 0 saturated heterocycles. The average Bonchev–Trinajstić information content (AvgIpc) is 2.39. The van der Waals surface area contributed by atoms with Crippen LogP contribution in [0.5, 0.6) is 5.75 Å². The maximum absolute atomic E-state index is 12.0. The maximum atomic E-state index is 12.0. The molecule has 0 aliphatic carbocycles. The molecule has 0 unspecified atom stereocenters. The Hall–Kier alpha value is -2.57. The molecule has 2 atom stereocenters. The molecule has 0 aromatic heterocycles. The highest BCUT2D eigenvalue weighted by Gasteiger charge is 2.23. The fraction of sp³-hybridized carbons (Fsp3) is 0.357. The number of phenolic OH excluding ortho intramolecular Hbond substituents is 1. The van der Waals surface area contributed by atoms with Crippen molar-refractivity contribution >= 4 is 17.8 Å². The van der Waals surface area contributed by atoms with Gasteiger partial charge in [0.05, 0.1) is 0 Å². The van der Waals surface area contributed by atoms with Crippen molar-refractivity contribution < 1.29 is 24.6 Å². The molecule has 1 aromatic carbocycles. The molecule has 0 radical (unpaired) electrons. The van der Waals surface area contributed by atoms with Crippen molar-refractivity contribution in [3.8, 4) is 5.75 Å². The van der Waals surface area contributed by atoms with E-state index in [1.807, 2.05) is 0 Å². The van der Waals surface area contributed by atoms with Crippen LogP contribution in [0, 0.1) is 0 Å². The number of hydrogen-bond acceptors (Lipinski definition) is 4. The Kier molecular flexibility index (Phi) is 5.71. The highest BCUT2D eigenvalue weighted by molar-refractivity contribution is 5.90. The molecule has 2 amide bonds. The predicted octanol–water partition coefficient (Wildman–Crippen LogP) is 0.0287. The lowest BCUT2D eigenvalue weighted by Gasteiger charge is -2.19. The zero-order chi connectivity index (χ0) is 16.0. The van der Waals surface area contributed by atoms with Crippen LogP contribution in [-0.4, -0.2) is 40.1 Å². The van der Waals surface area contributed by atoms with Crippen molar-refractivity contribution in [3.63, 3.8) is 0 Å². The molecular weight excluding hydrogens is 276 g/mol. The highest BCUT2D eigenvalue weighted by Crippen LogP contribution is 2.11. The van der Waals surface area contributed by atoms with Crippen molar-refractivity contribution in [3.05, 3.63) is 29.8 Å². The summed E-state index contributed by atoms with van der Waals surface area (Å²) in [5, 5.41) is 22.8. The SMILES string of the molecule is CC(=O)N[C@@H](Cc1ccc(O)cc1)C(=O)N[C@@H](C)C(=O)O. The van der Waals surface area contributed by atoms with E-state index in [0.717, 1.165) is 5.56 Å². The first-order valence-electron chi connectivity index (χ1n) is 6.37. The van der Waals surface area contributed by atoms with Gasteiger partial charge in [-0.05, 0) is 24.6 Å². The number of phenols is 1. The number of carbonyl (C=O) groups excluding carboxylic acids is 2. The first kappa shape index (κ1) is 16.5. The van der Waals surface area contributed by atoms with Gasteiger partial charge in [-0.15, -0.1) is 0 Å². The Morgan fingerprint density at radius 3 is 2.19 bits per heavy atom. The number of carbonyl (C=O) groups is 3. The minimum absolute atomic E-state index is 0.0961. The molecule has 0 spiro atoms. The normalized spacial score (nSPS) is 13.0. The lowest BCUT2D eigenvalue weighted by atomic mass is 10.0. The van der Waals surface area contributed by atoms with Crippen LogP contribution in [0.2, 0.25) is 0 Å². The standard InChI is InChI=1S/C14H18N2O5/c1-8(14(20)21)15-13(19)12(16-9(2)17)7-10-3-5-11(18)6-4-10/h3-6,8,12,18H,7H2,1-2H3,(H,15,19)(H,16,17)(H,20,21)/t8-,12-/m0/s1. The molecule has 0 fully saturated rings. The Morgan fingerprint density at radius 2 is 1.71 bits per heavy atom. The van der Waals surface area contributed by atoms with E-state index < -0.39 is 29.9 Å². The first-order valence-corrected chi connectivity index (χ1v) is 6.37. The second-order valence-electron chi connectivity index (χ2n) is 4.69. The van der Waals surface area contributed by atoms with Crippen molar-refractivity contribution in [2.45, 2.75) is 32.4 Å². The number of aliphatic carboxylic acids is 1. The van der Waals surface area contributed by atoms with Gasteiger partial charge in [0, 0.05) is 13.3 Å². The van der Waals surface area contributed by atoms with Crippen molar-refractivity contribution in [1.29, 1.82) is 0 Å². The number of nitrogens with one attached hydrogen (secondary N) is 2. The van der Waals surface area contributed by atoms with E-state index in [1.54, 1.807) is 12.1 Å². The van der Waals surface area contributed by atoms with Crippen molar-refractivity contribution in [2.75, 3.05) is 0 Å². The third-order valence-corrected chi connectivity index (χ3v) is 2.80. The van der Waals surface area contributed by atoms with E-state index in [-0.39, 0.29) is 12.2 Å². The fourth-order valence-electron chi connectivity index (χ4n) is 1.70. The summed E-state index contributed by atoms with van der Waals surface area (Å²) < 4.78 is 0. The van der Waals surface area contributed by atoms with Gasteiger partial charge in [-0.3, -0.25) is 14.4 Å². The van der Waals surface area contributed by atoms with Crippen LogP contribution in [0.25, 0.3) is 0 Å². The van der Waals surface area contributed by atoms with Gasteiger partial charge in [-0.25, -0.2) is 0 Å². The summed E-state index contributed by atoms with van der Waals surface area (Å²) in [5.74, 6) is -2.03. The maximum Gasteiger partial charge on any atom is 0.325 e. The van der Waals surface area contributed by atoms with Crippen LogP contribution in [0.4, 0.5) is 0 Å². The minimum Gasteiger partial charge on any atom is -0.508 e. The first-order chi connectivity index (χ1) is 9.79. The smallest absolute Gasteiger partial charge is 0.325 e. The van der Waals surface area contributed by atoms with Crippen LogP contribution in [0.3, 0.4) is 0 Å². The minimum atomic E-state index is -1.16. The largest absolute Gasteiger partial charge is 0.508 e. The lowest BCUT2D eigenvalue weighted by Crippen LogP contribution is -2.51. The van der Waals surface area contributed by atoms with E-state index in [2.05, 4.69) is 10.6 Å². The monoisotopic (exact) mass is 294 g/mol. The average molecular weight is 294 g/mol. The predicted molar refractivity (Wildman–Crippen MR) is 74.7 cm³/mol. The van der Waals surface area contributed by atoms with E-state index >= 15 is 0 Å². The van der Waals surface area contributed by atoms with Crippen LogP contribution in [0.1, 0.15) is 19.4 Å². The number of amides is 2. The van der Waals surface area contributed by atoms with Gasteiger partial charge in [0.2, 0.25) is 11.8 Å². The summed E-state index contributed by atoms with van der Waals surface area (Å²) in [6.45, 7) is 2.61. The molecule has 1 aromatic rings. The van der Waals surface area contributed by atoms with Gasteiger partial charge in [0.15, 0.2) is 0 Å². The summed E-state index contributed by atoms with van der Waals surface area (Å²) in [6, 6.07) is 4.26. The van der Waals surface area contributed by atoms with Gasteiger partial charge in [-0.1, -0.05) is 12.1 Å². The summed E-state index contributed by atoms with van der Waals surface area (Å²) in [6.07, 6.45) is 0.192. The number of rotatable bonds is 6. The second-order valence-corrected chi connectivity index (χ2v) is 4.69. The topological polar surface area (TPSA) is 116 Å². The summed E-state index contributed by atoms with van der Waals surface area (Å²) in [5.41, 5.74) is 0.727. The van der Waals surface area contributed by atoms with Crippen LogP contribution < -0.4 is 10.6 Å². The molecular formula is C14H18N2O5. The van der Waals surface area contributed by atoms with E-state index in [9.17, 15) is 19.5 Å². The van der Waals surface area contributed by atoms with E-state index in [1.165, 1.54) is 26.0 Å². The van der Waals surface area contributed by atoms with E-state index in [0.29, 0.717) is 0 Å². The number of benzene rings is 1. The number of aromatic hydroxyl groups is 1. The van der Waals surface area contributed by atoms with E-state index in [4.69, 9.17) is 5.11 Å². The fourth-order valence-corrected chi connectivity index (χ4v) is 1.70. The van der Waals surface area contributed by atoms with Gasteiger partial charge >= 0.3 is 5.97 Å². The van der Waals surface area contributed by atoms with Gasteiger partial charge < -0.3 is 20.8 Å². The quantitative estimate of drug-likeness (QED) is 0.590.